The fraction of sp³-hybridized carbons (Fsp3) is 0.375. The van der Waals surface area contributed by atoms with E-state index in [4.69, 9.17) is 21.8 Å². The minimum atomic E-state index is -0.767. The molecular weight excluding hydrogens is 274 g/mol. The van der Waals surface area contributed by atoms with Gasteiger partial charge in [0.15, 0.2) is 5.22 Å². The molecule has 0 bridgehead atoms. The van der Waals surface area contributed by atoms with Crippen LogP contribution in [0.3, 0.4) is 0 Å². The highest BCUT2D eigenvalue weighted by molar-refractivity contribution is 6.29. The maximum Gasteiger partial charge on any atom is 0.198 e. The van der Waals surface area contributed by atoms with Gasteiger partial charge in [0, 0.05) is 18.0 Å². The zero-order valence-electron chi connectivity index (χ0n) is 11.7. The van der Waals surface area contributed by atoms with Crippen LogP contribution in [0, 0.1) is 0 Å². The number of nitrogens with two attached hydrogens (primary N) is 1. The lowest BCUT2D eigenvalue weighted by molar-refractivity contribution is 0.147. The van der Waals surface area contributed by atoms with Gasteiger partial charge in [-0.2, -0.15) is 0 Å². The predicted molar refractivity (Wildman–Crippen MR) is 81.0 cm³/mol. The second-order valence-corrected chi connectivity index (χ2v) is 5.60. The molecule has 3 N–H and O–H groups in total. The van der Waals surface area contributed by atoms with Gasteiger partial charge in [-0.3, -0.25) is 0 Å². The van der Waals surface area contributed by atoms with Crippen molar-refractivity contribution >= 4 is 11.6 Å². The fourth-order valence-corrected chi connectivity index (χ4v) is 2.53. The van der Waals surface area contributed by atoms with Crippen molar-refractivity contribution in [3.8, 4) is 0 Å². The lowest BCUT2D eigenvalue weighted by Gasteiger charge is -2.22. The third-order valence-electron chi connectivity index (χ3n) is 3.63. The highest BCUT2D eigenvalue weighted by Crippen LogP contribution is 2.34. The number of benzene rings is 1. The van der Waals surface area contributed by atoms with E-state index in [1.54, 1.807) is 6.07 Å². The molecule has 4 heteroatoms. The Morgan fingerprint density at radius 1 is 1.15 bits per heavy atom. The Bertz CT molecular complexity index is 548. The SMILES string of the molecule is CC(C)c1ccc(C(CN)C(O)c2ccoc2Cl)cc1. The van der Waals surface area contributed by atoms with Gasteiger partial charge >= 0.3 is 0 Å². The fourth-order valence-electron chi connectivity index (χ4n) is 2.31. The molecule has 3 nitrogen and oxygen atoms in total. The molecule has 0 radical (unpaired) electrons. The van der Waals surface area contributed by atoms with Crippen LogP contribution in [-0.2, 0) is 0 Å². The van der Waals surface area contributed by atoms with Crippen molar-refractivity contribution in [3.63, 3.8) is 0 Å². The molecule has 1 heterocycles. The quantitative estimate of drug-likeness (QED) is 0.881. The molecular formula is C16H20ClNO2. The molecule has 0 aliphatic heterocycles. The molecule has 20 heavy (non-hydrogen) atoms. The van der Waals surface area contributed by atoms with Crippen molar-refractivity contribution < 1.29 is 9.52 Å². The Morgan fingerprint density at radius 3 is 2.20 bits per heavy atom. The van der Waals surface area contributed by atoms with E-state index < -0.39 is 6.10 Å². The number of rotatable bonds is 5. The maximum atomic E-state index is 10.5. The van der Waals surface area contributed by atoms with E-state index in [0.29, 0.717) is 18.0 Å². The molecule has 2 aromatic rings. The molecule has 0 fully saturated rings. The summed E-state index contributed by atoms with van der Waals surface area (Å²) in [6, 6.07) is 9.87. The molecule has 0 aliphatic rings. The van der Waals surface area contributed by atoms with E-state index in [-0.39, 0.29) is 11.1 Å². The summed E-state index contributed by atoms with van der Waals surface area (Å²) in [6.07, 6.45) is 0.701. The van der Waals surface area contributed by atoms with E-state index in [0.717, 1.165) is 5.56 Å². The molecule has 2 atom stereocenters. The Labute approximate surface area is 124 Å². The van der Waals surface area contributed by atoms with Gasteiger partial charge in [0.1, 0.15) is 0 Å². The first kappa shape index (κ1) is 15.1. The minimum absolute atomic E-state index is 0.202. The minimum Gasteiger partial charge on any atom is -0.453 e. The summed E-state index contributed by atoms with van der Waals surface area (Å²) in [6.45, 7) is 4.63. The van der Waals surface area contributed by atoms with E-state index in [9.17, 15) is 5.11 Å². The van der Waals surface area contributed by atoms with Crippen LogP contribution in [0.25, 0.3) is 0 Å². The van der Waals surface area contributed by atoms with Gasteiger partial charge in [0.2, 0.25) is 0 Å². The summed E-state index contributed by atoms with van der Waals surface area (Å²) in [5.41, 5.74) is 8.67. The van der Waals surface area contributed by atoms with Crippen molar-refractivity contribution in [3.05, 3.63) is 58.5 Å². The van der Waals surface area contributed by atoms with Gasteiger partial charge < -0.3 is 15.3 Å². The zero-order valence-corrected chi connectivity index (χ0v) is 12.5. The van der Waals surface area contributed by atoms with Crippen LogP contribution in [0.1, 0.15) is 48.5 Å². The number of aliphatic hydroxyl groups is 1. The first-order valence-corrected chi connectivity index (χ1v) is 7.13. The monoisotopic (exact) mass is 293 g/mol. The lowest BCUT2D eigenvalue weighted by Crippen LogP contribution is -2.20. The van der Waals surface area contributed by atoms with Crippen LogP contribution in [-0.4, -0.2) is 11.7 Å². The van der Waals surface area contributed by atoms with Gasteiger partial charge in [-0.05, 0) is 34.7 Å². The Balaban J connectivity index is 2.26. The standard InChI is InChI=1S/C16H20ClNO2/c1-10(2)11-3-5-12(6-4-11)14(9-18)15(19)13-7-8-20-16(13)17/h3-8,10,14-15,19H,9,18H2,1-2H3. The molecule has 2 unspecified atom stereocenters. The van der Waals surface area contributed by atoms with Gasteiger partial charge in [-0.15, -0.1) is 0 Å². The van der Waals surface area contributed by atoms with Gasteiger partial charge in [-0.1, -0.05) is 38.1 Å². The molecule has 1 aromatic heterocycles. The summed E-state index contributed by atoms with van der Waals surface area (Å²) in [4.78, 5) is 0. The van der Waals surface area contributed by atoms with Crippen molar-refractivity contribution in [2.45, 2.75) is 31.8 Å². The maximum absolute atomic E-state index is 10.5. The molecule has 108 valence electrons. The van der Waals surface area contributed by atoms with Crippen molar-refractivity contribution in [2.24, 2.45) is 5.73 Å². The van der Waals surface area contributed by atoms with Gasteiger partial charge in [0.25, 0.3) is 0 Å². The van der Waals surface area contributed by atoms with Gasteiger partial charge in [-0.25, -0.2) is 0 Å². The third-order valence-corrected chi connectivity index (χ3v) is 3.94. The van der Waals surface area contributed by atoms with E-state index in [1.807, 2.05) is 12.1 Å². The van der Waals surface area contributed by atoms with E-state index in [1.165, 1.54) is 11.8 Å². The molecule has 0 saturated carbocycles. The van der Waals surface area contributed by atoms with E-state index in [2.05, 4.69) is 26.0 Å². The predicted octanol–water partition coefficient (Wildman–Crippen LogP) is 3.83. The number of aliphatic hydroxyl groups excluding tert-OH is 1. The van der Waals surface area contributed by atoms with Crippen LogP contribution in [0.15, 0.2) is 41.0 Å². The summed E-state index contributed by atoms with van der Waals surface area (Å²) in [5, 5.41) is 10.7. The Hall–Kier alpha value is -1.29. The summed E-state index contributed by atoms with van der Waals surface area (Å²) < 4.78 is 5.03. The highest BCUT2D eigenvalue weighted by Gasteiger charge is 2.24. The van der Waals surface area contributed by atoms with Crippen LogP contribution >= 0.6 is 11.6 Å². The first-order valence-electron chi connectivity index (χ1n) is 6.75. The van der Waals surface area contributed by atoms with Crippen LogP contribution in [0.4, 0.5) is 0 Å². The zero-order chi connectivity index (χ0) is 14.7. The number of furan rings is 1. The molecule has 1 aromatic carbocycles. The smallest absolute Gasteiger partial charge is 0.198 e. The largest absolute Gasteiger partial charge is 0.453 e. The molecule has 0 amide bonds. The highest BCUT2D eigenvalue weighted by atomic mass is 35.5. The summed E-state index contributed by atoms with van der Waals surface area (Å²) >= 11 is 5.92. The van der Waals surface area contributed by atoms with Gasteiger partial charge in [0.05, 0.1) is 12.4 Å². The second kappa shape index (κ2) is 6.44. The van der Waals surface area contributed by atoms with Crippen molar-refractivity contribution in [1.29, 1.82) is 0 Å². The number of halogens is 1. The Morgan fingerprint density at radius 2 is 1.75 bits per heavy atom. The third kappa shape index (κ3) is 3.06. The summed E-state index contributed by atoms with van der Waals surface area (Å²) in [5.74, 6) is 0.278. The number of hydrogen-bond donors (Lipinski definition) is 2. The molecule has 0 aliphatic carbocycles. The molecule has 0 saturated heterocycles. The first-order chi connectivity index (χ1) is 9.54. The van der Waals surface area contributed by atoms with Crippen molar-refractivity contribution in [1.82, 2.24) is 0 Å². The Kier molecular flexibility index (Phi) is 4.86. The van der Waals surface area contributed by atoms with Crippen LogP contribution < -0.4 is 5.73 Å². The average Bonchev–Trinajstić information content (AvgIpc) is 2.86. The van der Waals surface area contributed by atoms with Crippen LogP contribution in [0.5, 0.6) is 0 Å². The van der Waals surface area contributed by atoms with Crippen molar-refractivity contribution in [2.75, 3.05) is 6.54 Å². The number of hydrogen-bond acceptors (Lipinski definition) is 3. The second-order valence-electron chi connectivity index (χ2n) is 5.26. The lowest BCUT2D eigenvalue weighted by atomic mass is 9.89. The van der Waals surface area contributed by atoms with E-state index >= 15 is 0 Å². The average molecular weight is 294 g/mol. The summed E-state index contributed by atoms with van der Waals surface area (Å²) in [7, 11) is 0. The topological polar surface area (TPSA) is 59.4 Å². The van der Waals surface area contributed by atoms with Crippen LogP contribution in [0.2, 0.25) is 5.22 Å². The molecule has 0 spiro atoms. The molecule has 2 rings (SSSR count). The normalized spacial score (nSPS) is 14.5.